The summed E-state index contributed by atoms with van der Waals surface area (Å²) >= 11 is 0. The standard InChI is InChI=1S/C20H21FN4O/c1-24-12-15(10-23-24)13-25-8-9-26-20(14-25)19-7-6-16(11-22-19)17-4-2-3-5-18(17)21/h2-7,10-12,20H,8-9,13-14H2,1H3. The minimum Gasteiger partial charge on any atom is -0.369 e. The van der Waals surface area contributed by atoms with Gasteiger partial charge in [0, 0.05) is 55.8 Å². The number of halogens is 1. The molecule has 1 saturated heterocycles. The van der Waals surface area contributed by atoms with E-state index in [0.29, 0.717) is 12.2 Å². The van der Waals surface area contributed by atoms with Gasteiger partial charge in [-0.2, -0.15) is 5.10 Å². The number of aryl methyl sites for hydroxylation is 1. The molecule has 0 spiro atoms. The van der Waals surface area contributed by atoms with Gasteiger partial charge in [0.1, 0.15) is 11.9 Å². The molecule has 26 heavy (non-hydrogen) atoms. The van der Waals surface area contributed by atoms with Gasteiger partial charge in [-0.1, -0.05) is 24.3 Å². The van der Waals surface area contributed by atoms with Crippen molar-refractivity contribution in [1.82, 2.24) is 19.7 Å². The first kappa shape index (κ1) is 16.9. The second kappa shape index (κ2) is 7.35. The summed E-state index contributed by atoms with van der Waals surface area (Å²) < 4.78 is 21.6. The van der Waals surface area contributed by atoms with Gasteiger partial charge in [-0.05, 0) is 12.1 Å². The van der Waals surface area contributed by atoms with Crippen LogP contribution in [0.2, 0.25) is 0 Å². The molecule has 3 aromatic rings. The molecule has 2 aromatic heterocycles. The molecule has 0 aliphatic carbocycles. The van der Waals surface area contributed by atoms with Gasteiger partial charge in [0.2, 0.25) is 0 Å². The van der Waals surface area contributed by atoms with E-state index in [-0.39, 0.29) is 11.9 Å². The van der Waals surface area contributed by atoms with Gasteiger partial charge in [-0.3, -0.25) is 14.6 Å². The summed E-state index contributed by atoms with van der Waals surface area (Å²) in [6.07, 6.45) is 5.57. The molecule has 0 amide bonds. The highest BCUT2D eigenvalue weighted by molar-refractivity contribution is 5.63. The molecule has 0 N–H and O–H groups in total. The Morgan fingerprint density at radius 3 is 2.81 bits per heavy atom. The van der Waals surface area contributed by atoms with Gasteiger partial charge >= 0.3 is 0 Å². The molecule has 1 aliphatic heterocycles. The van der Waals surface area contributed by atoms with Gasteiger partial charge in [-0.15, -0.1) is 0 Å². The lowest BCUT2D eigenvalue weighted by Gasteiger charge is -2.32. The molecular formula is C20H21FN4O. The third-order valence-electron chi connectivity index (χ3n) is 4.62. The first-order valence-corrected chi connectivity index (χ1v) is 8.71. The summed E-state index contributed by atoms with van der Waals surface area (Å²) in [6, 6.07) is 10.6. The summed E-state index contributed by atoms with van der Waals surface area (Å²) in [5.41, 5.74) is 3.40. The Labute approximate surface area is 152 Å². The van der Waals surface area contributed by atoms with E-state index in [1.54, 1.807) is 18.3 Å². The minimum absolute atomic E-state index is 0.0740. The van der Waals surface area contributed by atoms with Crippen LogP contribution in [0.4, 0.5) is 4.39 Å². The fraction of sp³-hybridized carbons (Fsp3) is 0.300. The molecule has 1 unspecified atom stereocenters. The molecule has 1 aromatic carbocycles. The highest BCUT2D eigenvalue weighted by atomic mass is 19.1. The molecular weight excluding hydrogens is 331 g/mol. The van der Waals surface area contributed by atoms with Crippen LogP contribution >= 0.6 is 0 Å². The number of benzene rings is 1. The summed E-state index contributed by atoms with van der Waals surface area (Å²) in [7, 11) is 1.92. The summed E-state index contributed by atoms with van der Waals surface area (Å²) in [6.45, 7) is 3.18. The van der Waals surface area contributed by atoms with Crippen LogP contribution in [0.3, 0.4) is 0 Å². The molecule has 1 fully saturated rings. The van der Waals surface area contributed by atoms with Crippen LogP contribution in [-0.2, 0) is 18.3 Å². The molecule has 5 nitrogen and oxygen atoms in total. The van der Waals surface area contributed by atoms with E-state index in [2.05, 4.69) is 15.0 Å². The van der Waals surface area contributed by atoms with Crippen LogP contribution in [0.15, 0.2) is 55.0 Å². The number of hydrogen-bond acceptors (Lipinski definition) is 4. The monoisotopic (exact) mass is 352 g/mol. The Kier molecular flexibility index (Phi) is 4.77. The number of hydrogen-bond donors (Lipinski definition) is 0. The van der Waals surface area contributed by atoms with Crippen molar-refractivity contribution in [2.45, 2.75) is 12.6 Å². The van der Waals surface area contributed by atoms with Crippen LogP contribution in [0.5, 0.6) is 0 Å². The van der Waals surface area contributed by atoms with Gasteiger partial charge in [-0.25, -0.2) is 4.39 Å². The van der Waals surface area contributed by atoms with Crippen LogP contribution in [0.25, 0.3) is 11.1 Å². The maximum absolute atomic E-state index is 13.9. The van der Waals surface area contributed by atoms with E-state index in [9.17, 15) is 4.39 Å². The quantitative estimate of drug-likeness (QED) is 0.723. The normalized spacial score (nSPS) is 18.2. The topological polar surface area (TPSA) is 43.2 Å². The zero-order valence-electron chi connectivity index (χ0n) is 14.7. The molecule has 1 aliphatic rings. The number of morpholine rings is 1. The van der Waals surface area contributed by atoms with Crippen LogP contribution in [0, 0.1) is 5.82 Å². The predicted octanol–water partition coefficient (Wildman–Crippen LogP) is 3.19. The lowest BCUT2D eigenvalue weighted by atomic mass is 10.1. The lowest BCUT2D eigenvalue weighted by molar-refractivity contribution is -0.0349. The predicted molar refractivity (Wildman–Crippen MR) is 96.8 cm³/mol. The number of pyridine rings is 1. The number of nitrogens with zero attached hydrogens (tertiary/aromatic N) is 4. The Hall–Kier alpha value is -2.57. The first-order chi connectivity index (χ1) is 12.7. The summed E-state index contributed by atoms with van der Waals surface area (Å²) in [5, 5.41) is 4.22. The van der Waals surface area contributed by atoms with Gasteiger partial charge in [0.25, 0.3) is 0 Å². The zero-order valence-corrected chi connectivity index (χ0v) is 14.7. The van der Waals surface area contributed by atoms with Crippen LogP contribution in [0.1, 0.15) is 17.4 Å². The third-order valence-corrected chi connectivity index (χ3v) is 4.62. The van der Waals surface area contributed by atoms with Gasteiger partial charge in [0.05, 0.1) is 18.5 Å². The maximum Gasteiger partial charge on any atom is 0.131 e. The van der Waals surface area contributed by atoms with Crippen molar-refractivity contribution in [3.8, 4) is 11.1 Å². The second-order valence-corrected chi connectivity index (χ2v) is 6.57. The zero-order chi connectivity index (χ0) is 17.9. The average Bonchev–Trinajstić information content (AvgIpc) is 3.07. The van der Waals surface area contributed by atoms with Crippen molar-refractivity contribution in [2.75, 3.05) is 19.7 Å². The van der Waals surface area contributed by atoms with Crippen LogP contribution in [-0.4, -0.2) is 39.4 Å². The number of rotatable bonds is 4. The van der Waals surface area contributed by atoms with Crippen molar-refractivity contribution in [3.63, 3.8) is 0 Å². The minimum atomic E-state index is -0.237. The Morgan fingerprint density at radius 1 is 1.19 bits per heavy atom. The molecule has 1 atom stereocenters. The SMILES string of the molecule is Cn1cc(CN2CCOC(c3ccc(-c4ccccc4F)cn3)C2)cn1. The first-order valence-electron chi connectivity index (χ1n) is 8.71. The largest absolute Gasteiger partial charge is 0.369 e. The highest BCUT2D eigenvalue weighted by Crippen LogP contribution is 2.26. The molecule has 0 bridgehead atoms. The van der Waals surface area contributed by atoms with E-state index in [1.807, 2.05) is 42.3 Å². The van der Waals surface area contributed by atoms with Crippen molar-refractivity contribution < 1.29 is 9.13 Å². The van der Waals surface area contributed by atoms with E-state index in [0.717, 1.165) is 30.9 Å². The average molecular weight is 352 g/mol. The molecule has 134 valence electrons. The molecule has 0 radical (unpaired) electrons. The molecule has 4 rings (SSSR count). The lowest BCUT2D eigenvalue weighted by Crippen LogP contribution is -2.38. The molecule has 0 saturated carbocycles. The third kappa shape index (κ3) is 3.66. The molecule has 6 heteroatoms. The Balaban J connectivity index is 1.46. The van der Waals surface area contributed by atoms with E-state index < -0.39 is 0 Å². The Morgan fingerprint density at radius 2 is 2.08 bits per heavy atom. The summed E-state index contributed by atoms with van der Waals surface area (Å²) in [4.78, 5) is 6.88. The summed E-state index contributed by atoms with van der Waals surface area (Å²) in [5.74, 6) is -0.237. The number of ether oxygens (including phenoxy) is 1. The maximum atomic E-state index is 13.9. The fourth-order valence-corrected chi connectivity index (χ4v) is 3.29. The highest BCUT2D eigenvalue weighted by Gasteiger charge is 2.23. The van der Waals surface area contributed by atoms with Crippen LogP contribution < -0.4 is 0 Å². The van der Waals surface area contributed by atoms with E-state index in [4.69, 9.17) is 4.74 Å². The van der Waals surface area contributed by atoms with Crippen molar-refractivity contribution in [3.05, 3.63) is 72.1 Å². The van der Waals surface area contributed by atoms with E-state index >= 15 is 0 Å². The molecule has 3 heterocycles. The van der Waals surface area contributed by atoms with Crippen molar-refractivity contribution in [1.29, 1.82) is 0 Å². The fourth-order valence-electron chi connectivity index (χ4n) is 3.29. The number of aromatic nitrogens is 3. The Bertz CT molecular complexity index is 878. The van der Waals surface area contributed by atoms with Crippen molar-refractivity contribution in [2.24, 2.45) is 7.05 Å². The van der Waals surface area contributed by atoms with Crippen molar-refractivity contribution >= 4 is 0 Å². The van der Waals surface area contributed by atoms with Gasteiger partial charge in [0.15, 0.2) is 0 Å². The van der Waals surface area contributed by atoms with E-state index in [1.165, 1.54) is 11.6 Å². The second-order valence-electron chi connectivity index (χ2n) is 6.57. The smallest absolute Gasteiger partial charge is 0.131 e. The van der Waals surface area contributed by atoms with Gasteiger partial charge < -0.3 is 4.74 Å².